The zero-order valence-corrected chi connectivity index (χ0v) is 15.2. The van der Waals surface area contributed by atoms with E-state index in [-0.39, 0.29) is 18.1 Å². The predicted octanol–water partition coefficient (Wildman–Crippen LogP) is 2.85. The van der Waals surface area contributed by atoms with Crippen LogP contribution in [0.25, 0.3) is 0 Å². The molecule has 0 aliphatic rings. The van der Waals surface area contributed by atoms with Gasteiger partial charge in [-0.05, 0) is 25.8 Å². The van der Waals surface area contributed by atoms with Crippen LogP contribution >= 0.6 is 11.3 Å². The highest BCUT2D eigenvalue weighted by molar-refractivity contribution is 7.86. The van der Waals surface area contributed by atoms with Crippen molar-refractivity contribution >= 4 is 32.4 Å². The van der Waals surface area contributed by atoms with E-state index in [4.69, 9.17) is 4.18 Å². The van der Waals surface area contributed by atoms with Crippen molar-refractivity contribution in [2.24, 2.45) is 0 Å². The van der Waals surface area contributed by atoms with Gasteiger partial charge in [-0.25, -0.2) is 4.98 Å². The quantitative estimate of drug-likeness (QED) is 0.416. The van der Waals surface area contributed by atoms with E-state index in [1.54, 1.807) is 12.3 Å². The van der Waals surface area contributed by atoms with E-state index in [9.17, 15) is 13.2 Å². The maximum atomic E-state index is 12.5. The fraction of sp³-hybridized carbons (Fsp3) is 0.375. The van der Waals surface area contributed by atoms with E-state index in [0.29, 0.717) is 28.5 Å². The number of hydrogen-bond donors (Lipinski definition) is 1. The minimum Gasteiger partial charge on any atom is -0.361 e. The lowest BCUT2D eigenvalue weighted by molar-refractivity contribution is 0.104. The number of benzene rings is 1. The number of nitrogens with zero attached hydrogens (tertiary/aromatic N) is 1. The van der Waals surface area contributed by atoms with Gasteiger partial charge in [-0.3, -0.25) is 8.98 Å². The number of ketones is 1. The second-order valence-corrected chi connectivity index (χ2v) is 8.08. The average Bonchev–Trinajstić information content (AvgIpc) is 3.03. The highest BCUT2D eigenvalue weighted by Crippen LogP contribution is 2.22. The first kappa shape index (κ1) is 18.6. The van der Waals surface area contributed by atoms with Crippen LogP contribution in [0.3, 0.4) is 0 Å². The first-order valence-corrected chi connectivity index (χ1v) is 9.99. The Hall–Kier alpha value is -1.77. The Morgan fingerprint density at radius 1 is 1.33 bits per heavy atom. The van der Waals surface area contributed by atoms with E-state index in [1.165, 1.54) is 18.3 Å². The van der Waals surface area contributed by atoms with Crippen LogP contribution in [0, 0.1) is 6.92 Å². The molecule has 130 valence electrons. The Morgan fingerprint density at radius 2 is 2.08 bits per heavy atom. The van der Waals surface area contributed by atoms with Gasteiger partial charge in [0.2, 0.25) is 5.78 Å². The van der Waals surface area contributed by atoms with Crippen LogP contribution in [0.5, 0.6) is 0 Å². The highest BCUT2D eigenvalue weighted by Gasteiger charge is 2.14. The number of nitrogens with one attached hydrogen (secondary N) is 1. The summed E-state index contributed by atoms with van der Waals surface area (Å²) < 4.78 is 27.2. The number of rotatable bonds is 9. The van der Waals surface area contributed by atoms with Crippen molar-refractivity contribution < 1.29 is 17.4 Å². The first-order chi connectivity index (χ1) is 11.4. The smallest absolute Gasteiger partial charge is 0.267 e. The summed E-state index contributed by atoms with van der Waals surface area (Å²) in [7, 11) is -3.39. The van der Waals surface area contributed by atoms with Crippen LogP contribution in [0.15, 0.2) is 30.5 Å². The van der Waals surface area contributed by atoms with Gasteiger partial charge in [0.15, 0.2) is 5.13 Å². The molecule has 0 fully saturated rings. The Balaban J connectivity index is 1.85. The topological polar surface area (TPSA) is 85.4 Å². The Bertz CT molecular complexity index is 800. The summed E-state index contributed by atoms with van der Waals surface area (Å²) in [6.07, 6.45) is 2.08. The normalized spacial score (nSPS) is 11.4. The van der Waals surface area contributed by atoms with Crippen molar-refractivity contribution in [3.05, 3.63) is 46.5 Å². The highest BCUT2D eigenvalue weighted by atomic mass is 32.2. The summed E-state index contributed by atoms with van der Waals surface area (Å²) in [6.45, 7) is 4.09. The van der Waals surface area contributed by atoms with Gasteiger partial charge in [0, 0.05) is 12.1 Å². The monoisotopic (exact) mass is 368 g/mol. The number of aryl methyl sites for hydroxylation is 1. The van der Waals surface area contributed by atoms with Gasteiger partial charge in [-0.1, -0.05) is 35.6 Å². The minimum atomic E-state index is -3.39. The largest absolute Gasteiger partial charge is 0.361 e. The number of carbonyl (C=O) groups excluding carboxylic acids is 1. The number of hydrogen-bond acceptors (Lipinski definition) is 7. The van der Waals surface area contributed by atoms with Crippen LogP contribution in [-0.4, -0.2) is 38.1 Å². The van der Waals surface area contributed by atoms with Crippen LogP contribution in [0.4, 0.5) is 5.13 Å². The minimum absolute atomic E-state index is 0.0305. The molecule has 1 aromatic carbocycles. The average molecular weight is 368 g/mol. The summed E-state index contributed by atoms with van der Waals surface area (Å²) in [6, 6.07) is 7.44. The van der Waals surface area contributed by atoms with E-state index < -0.39 is 10.1 Å². The van der Waals surface area contributed by atoms with Crippen LogP contribution < -0.4 is 5.32 Å². The molecule has 0 saturated carbocycles. The van der Waals surface area contributed by atoms with Crippen LogP contribution in [0.2, 0.25) is 0 Å². The lowest BCUT2D eigenvalue weighted by Crippen LogP contribution is -2.12. The van der Waals surface area contributed by atoms with E-state index >= 15 is 0 Å². The summed E-state index contributed by atoms with van der Waals surface area (Å²) in [5.74, 6) is -0.0758. The van der Waals surface area contributed by atoms with Crippen molar-refractivity contribution in [2.75, 3.05) is 24.2 Å². The zero-order chi connectivity index (χ0) is 17.6. The third-order valence-electron chi connectivity index (χ3n) is 3.33. The molecule has 0 atom stereocenters. The second kappa shape index (κ2) is 8.36. The van der Waals surface area contributed by atoms with Crippen molar-refractivity contribution in [3.8, 4) is 0 Å². The number of thiazole rings is 1. The molecule has 6 nitrogen and oxygen atoms in total. The Morgan fingerprint density at radius 3 is 2.79 bits per heavy atom. The molecule has 0 saturated heterocycles. The number of anilines is 1. The second-order valence-electron chi connectivity index (χ2n) is 5.12. The zero-order valence-electron chi connectivity index (χ0n) is 13.6. The van der Waals surface area contributed by atoms with Crippen LogP contribution in [0.1, 0.15) is 34.1 Å². The van der Waals surface area contributed by atoms with Gasteiger partial charge in [0.05, 0.1) is 23.4 Å². The lowest BCUT2D eigenvalue weighted by atomic mass is 10.0. The number of carbonyl (C=O) groups is 1. The van der Waals surface area contributed by atoms with Crippen LogP contribution in [-0.2, 0) is 14.3 Å². The molecule has 2 aromatic rings. The standard InChI is InChI=1S/C16H20N2O4S2/c1-3-24(20,21)22-10-6-9-17-16-18-11-14(23-16)15(19)13-8-5-4-7-12(13)2/h4-5,7-8,11H,3,6,9-10H2,1-2H3,(H,17,18). The van der Waals surface area contributed by atoms with Gasteiger partial charge in [-0.15, -0.1) is 0 Å². The summed E-state index contributed by atoms with van der Waals surface area (Å²) in [5.41, 5.74) is 1.60. The fourth-order valence-corrected chi connectivity index (χ4v) is 3.29. The summed E-state index contributed by atoms with van der Waals surface area (Å²) in [4.78, 5) is 17.2. The van der Waals surface area contributed by atoms with Crippen molar-refractivity contribution in [3.63, 3.8) is 0 Å². The van der Waals surface area contributed by atoms with Crippen molar-refractivity contribution in [2.45, 2.75) is 20.3 Å². The third kappa shape index (κ3) is 5.12. The molecule has 0 aliphatic carbocycles. The maximum Gasteiger partial charge on any atom is 0.267 e. The SMILES string of the molecule is CCS(=O)(=O)OCCCNc1ncc(C(=O)c2ccccc2C)s1. The van der Waals surface area contributed by atoms with Gasteiger partial charge >= 0.3 is 0 Å². The molecule has 0 radical (unpaired) electrons. The molecular formula is C16H20N2O4S2. The lowest BCUT2D eigenvalue weighted by Gasteiger charge is -2.04. The maximum absolute atomic E-state index is 12.5. The molecule has 0 spiro atoms. The molecule has 24 heavy (non-hydrogen) atoms. The van der Waals surface area contributed by atoms with Crippen molar-refractivity contribution in [1.82, 2.24) is 4.98 Å². The molecule has 8 heteroatoms. The molecular weight excluding hydrogens is 348 g/mol. The Kier molecular flexibility index (Phi) is 6.47. The number of aromatic nitrogens is 1. The molecule has 1 aromatic heterocycles. The van der Waals surface area contributed by atoms with Gasteiger partial charge < -0.3 is 5.32 Å². The van der Waals surface area contributed by atoms with E-state index in [0.717, 1.165) is 5.56 Å². The Labute approximate surface area is 146 Å². The fourth-order valence-electron chi connectivity index (χ4n) is 1.96. The molecule has 0 bridgehead atoms. The molecule has 0 amide bonds. The molecule has 0 aliphatic heterocycles. The summed E-state index contributed by atoms with van der Waals surface area (Å²) >= 11 is 1.28. The molecule has 1 heterocycles. The predicted molar refractivity (Wildman–Crippen MR) is 95.2 cm³/mol. The summed E-state index contributed by atoms with van der Waals surface area (Å²) in [5, 5.41) is 3.70. The molecule has 2 rings (SSSR count). The molecule has 1 N–H and O–H groups in total. The van der Waals surface area contributed by atoms with Gasteiger partial charge in [0.1, 0.15) is 0 Å². The third-order valence-corrected chi connectivity index (χ3v) is 5.52. The van der Waals surface area contributed by atoms with Gasteiger partial charge in [0.25, 0.3) is 10.1 Å². The van der Waals surface area contributed by atoms with E-state index in [2.05, 4.69) is 10.3 Å². The van der Waals surface area contributed by atoms with Gasteiger partial charge in [-0.2, -0.15) is 8.42 Å². The van der Waals surface area contributed by atoms with Crippen molar-refractivity contribution in [1.29, 1.82) is 0 Å². The van der Waals surface area contributed by atoms with E-state index in [1.807, 2.05) is 25.1 Å². The first-order valence-electron chi connectivity index (χ1n) is 7.60. The molecule has 0 unspecified atom stereocenters.